The molecule has 0 N–H and O–H groups in total. The number of aryl methyl sites for hydroxylation is 1. The summed E-state index contributed by atoms with van der Waals surface area (Å²) >= 11 is 0. The highest BCUT2D eigenvalue weighted by atomic mass is 16.3. The Balaban J connectivity index is 2.20. The number of nitrogens with zero attached hydrogens (tertiary/aromatic N) is 1. The lowest BCUT2D eigenvalue weighted by molar-refractivity contribution is -0.579. The molecule has 4 nitrogen and oxygen atoms in total. The van der Waals surface area contributed by atoms with E-state index in [4.69, 9.17) is 0 Å². The molecule has 0 bridgehead atoms. The Morgan fingerprint density at radius 1 is 0.952 bits per heavy atom. The molecular formula is C17H13NO3. The average Bonchev–Trinajstić information content (AvgIpc) is 2.53. The summed E-state index contributed by atoms with van der Waals surface area (Å²) < 4.78 is 1.43. The molecule has 104 valence electrons. The highest BCUT2D eigenvalue weighted by molar-refractivity contribution is 6.58. The predicted molar refractivity (Wildman–Crippen MR) is 74.9 cm³/mol. The van der Waals surface area contributed by atoms with Gasteiger partial charge in [-0.3, -0.25) is 9.59 Å². The zero-order valence-electron chi connectivity index (χ0n) is 11.5. The molecule has 0 amide bonds. The third kappa shape index (κ3) is 2.05. The zero-order chi connectivity index (χ0) is 15.0. The van der Waals surface area contributed by atoms with Crippen molar-refractivity contribution in [3.8, 4) is 0 Å². The van der Waals surface area contributed by atoms with Crippen LogP contribution < -0.4 is 9.67 Å². The number of benzene rings is 1. The summed E-state index contributed by atoms with van der Waals surface area (Å²) in [6.45, 7) is 2.02. The Labute approximate surface area is 122 Å². The van der Waals surface area contributed by atoms with Crippen molar-refractivity contribution in [3.63, 3.8) is 0 Å². The van der Waals surface area contributed by atoms with E-state index in [-0.39, 0.29) is 16.8 Å². The van der Waals surface area contributed by atoms with E-state index < -0.39 is 17.3 Å². The average molecular weight is 279 g/mol. The molecule has 0 saturated carbocycles. The number of ketones is 2. The summed E-state index contributed by atoms with van der Waals surface area (Å²) in [7, 11) is 0. The van der Waals surface area contributed by atoms with Gasteiger partial charge in [-0.2, -0.15) is 4.57 Å². The second-order valence-electron chi connectivity index (χ2n) is 4.85. The largest absolute Gasteiger partial charge is 0.867 e. The second kappa shape index (κ2) is 4.98. The zero-order valence-corrected chi connectivity index (χ0v) is 11.5. The van der Waals surface area contributed by atoms with Crippen molar-refractivity contribution in [1.82, 2.24) is 0 Å². The fourth-order valence-corrected chi connectivity index (χ4v) is 2.42. The molecule has 0 atom stereocenters. The molecule has 0 saturated heterocycles. The quantitative estimate of drug-likeness (QED) is 0.608. The van der Waals surface area contributed by atoms with Gasteiger partial charge in [0.05, 0.1) is 0 Å². The van der Waals surface area contributed by atoms with E-state index in [1.54, 1.807) is 30.6 Å². The topological polar surface area (TPSA) is 61.1 Å². The van der Waals surface area contributed by atoms with Gasteiger partial charge in [0, 0.05) is 17.7 Å². The van der Waals surface area contributed by atoms with Crippen LogP contribution >= 0.6 is 0 Å². The highest BCUT2D eigenvalue weighted by Gasteiger charge is 2.35. The number of pyridine rings is 1. The van der Waals surface area contributed by atoms with Crippen molar-refractivity contribution >= 4 is 23.0 Å². The molecule has 0 unspecified atom stereocenters. The van der Waals surface area contributed by atoms with E-state index in [9.17, 15) is 14.7 Å². The maximum atomic E-state index is 12.5. The molecule has 4 heteroatoms. The first-order valence-corrected chi connectivity index (χ1v) is 6.73. The number of carbonyl (C=O) groups excluding carboxylic acids is 2. The number of aromatic nitrogens is 1. The van der Waals surface area contributed by atoms with E-state index in [0.29, 0.717) is 0 Å². The Bertz CT molecular complexity index is 773. The van der Waals surface area contributed by atoms with Crippen LogP contribution in [0.15, 0.2) is 48.8 Å². The molecule has 21 heavy (non-hydrogen) atoms. The first-order chi connectivity index (χ1) is 10.1. The Morgan fingerprint density at radius 2 is 1.57 bits per heavy atom. The molecule has 0 fully saturated rings. The van der Waals surface area contributed by atoms with Gasteiger partial charge in [-0.25, -0.2) is 0 Å². The first kappa shape index (κ1) is 13.2. The van der Waals surface area contributed by atoms with Crippen molar-refractivity contribution in [2.24, 2.45) is 0 Å². The molecule has 0 aliphatic heterocycles. The van der Waals surface area contributed by atoms with E-state index in [1.165, 1.54) is 10.6 Å². The molecule has 0 spiro atoms. The summed E-state index contributed by atoms with van der Waals surface area (Å²) in [6.07, 6.45) is 4.15. The van der Waals surface area contributed by atoms with Crippen molar-refractivity contribution in [3.05, 3.63) is 65.5 Å². The monoisotopic (exact) mass is 279 g/mol. The maximum absolute atomic E-state index is 12.5. The minimum absolute atomic E-state index is 0.110. The molecule has 1 aliphatic rings. The van der Waals surface area contributed by atoms with Crippen LogP contribution in [0.3, 0.4) is 0 Å². The summed E-state index contributed by atoms with van der Waals surface area (Å²) in [4.78, 5) is 24.4. The Morgan fingerprint density at radius 3 is 2.19 bits per heavy atom. The van der Waals surface area contributed by atoms with Gasteiger partial charge in [-0.05, 0) is 23.3 Å². The number of hydrogen-bond donors (Lipinski definition) is 0. The summed E-state index contributed by atoms with van der Waals surface area (Å²) in [5.41, 5.74) is 1.45. The fourth-order valence-electron chi connectivity index (χ4n) is 2.42. The van der Waals surface area contributed by atoms with E-state index >= 15 is 0 Å². The number of fused-ring (bicyclic) bond motifs is 1. The summed E-state index contributed by atoms with van der Waals surface area (Å²) in [5.74, 6) is -1.80. The third-order valence-electron chi connectivity index (χ3n) is 3.62. The second-order valence-corrected chi connectivity index (χ2v) is 4.85. The predicted octanol–water partition coefficient (Wildman–Crippen LogP) is 0.988. The minimum atomic E-state index is -0.757. The SMILES string of the molecule is CCc1cc[n+](C2=C([O-])c3ccccc3C(=O)C2=O)cc1. The lowest BCUT2D eigenvalue weighted by Gasteiger charge is -2.21. The molecule has 0 radical (unpaired) electrons. The molecule has 1 aromatic heterocycles. The van der Waals surface area contributed by atoms with Crippen LogP contribution in [0.25, 0.3) is 11.5 Å². The van der Waals surface area contributed by atoms with Gasteiger partial charge in [0.25, 0.3) is 11.5 Å². The van der Waals surface area contributed by atoms with Gasteiger partial charge < -0.3 is 5.11 Å². The number of rotatable bonds is 2. The van der Waals surface area contributed by atoms with Gasteiger partial charge in [-0.15, -0.1) is 0 Å². The lowest BCUT2D eigenvalue weighted by Crippen LogP contribution is -2.43. The fraction of sp³-hybridized carbons (Fsp3) is 0.118. The number of hydrogen-bond acceptors (Lipinski definition) is 3. The third-order valence-corrected chi connectivity index (χ3v) is 3.62. The van der Waals surface area contributed by atoms with Crippen molar-refractivity contribution in [2.45, 2.75) is 13.3 Å². The number of allylic oxidation sites excluding steroid dienone is 1. The van der Waals surface area contributed by atoms with Crippen molar-refractivity contribution < 1.29 is 19.3 Å². The van der Waals surface area contributed by atoms with Crippen LogP contribution in [-0.2, 0) is 11.2 Å². The van der Waals surface area contributed by atoms with E-state index in [1.807, 2.05) is 19.1 Å². The van der Waals surface area contributed by atoms with Crippen LogP contribution in [0.2, 0.25) is 0 Å². The molecule has 3 rings (SSSR count). The summed E-state index contributed by atoms with van der Waals surface area (Å²) in [5, 5.41) is 12.5. The Kier molecular flexibility index (Phi) is 3.14. The molecule has 1 heterocycles. The van der Waals surface area contributed by atoms with Gasteiger partial charge in [0.1, 0.15) is 0 Å². The number of Topliss-reactive ketones (excluding diaryl/α,β-unsaturated/α-hetero) is 2. The number of carbonyl (C=O) groups is 2. The van der Waals surface area contributed by atoms with Crippen LogP contribution in [0.4, 0.5) is 0 Å². The van der Waals surface area contributed by atoms with Crippen LogP contribution in [0.5, 0.6) is 0 Å². The van der Waals surface area contributed by atoms with Crippen molar-refractivity contribution in [1.29, 1.82) is 0 Å². The lowest BCUT2D eigenvalue weighted by atomic mass is 9.91. The van der Waals surface area contributed by atoms with E-state index in [0.717, 1.165) is 12.0 Å². The standard InChI is InChI=1S/C17H13NO3/c1-2-11-7-9-18(10-8-11)14-15(19)12-5-3-4-6-13(12)16(20)17(14)21/h3-10H,2H2,1H3. The first-order valence-electron chi connectivity index (χ1n) is 6.73. The molecule has 1 aliphatic carbocycles. The van der Waals surface area contributed by atoms with Crippen LogP contribution in [0.1, 0.15) is 28.4 Å². The Hall–Kier alpha value is -2.75. The van der Waals surface area contributed by atoms with Crippen molar-refractivity contribution in [2.75, 3.05) is 0 Å². The van der Waals surface area contributed by atoms with Gasteiger partial charge in [0.15, 0.2) is 12.4 Å². The van der Waals surface area contributed by atoms with Gasteiger partial charge in [-0.1, -0.05) is 31.2 Å². The van der Waals surface area contributed by atoms with Gasteiger partial charge >= 0.3 is 0 Å². The molecule has 1 aromatic carbocycles. The smallest absolute Gasteiger partial charge is 0.296 e. The maximum Gasteiger partial charge on any atom is 0.296 e. The normalized spacial score (nSPS) is 14.3. The summed E-state index contributed by atoms with van der Waals surface area (Å²) in [6, 6.07) is 10.1. The molecule has 2 aromatic rings. The van der Waals surface area contributed by atoms with E-state index in [2.05, 4.69) is 0 Å². The van der Waals surface area contributed by atoms with Crippen LogP contribution in [0, 0.1) is 0 Å². The van der Waals surface area contributed by atoms with Gasteiger partial charge in [0.2, 0.25) is 5.78 Å². The molecular weight excluding hydrogens is 266 g/mol. The minimum Gasteiger partial charge on any atom is -0.867 e. The van der Waals surface area contributed by atoms with Crippen LogP contribution in [-0.4, -0.2) is 11.6 Å². The highest BCUT2D eigenvalue weighted by Crippen LogP contribution is 2.25.